The van der Waals surface area contributed by atoms with Gasteiger partial charge in [0.1, 0.15) is 0 Å². The zero-order valence-corrected chi connectivity index (χ0v) is 32.5. The van der Waals surface area contributed by atoms with E-state index < -0.39 is 34.9 Å². The maximum Gasteiger partial charge on any atom is 0.372 e. The van der Waals surface area contributed by atoms with Crippen LogP contribution in [0, 0.1) is 51.2 Å². The van der Waals surface area contributed by atoms with Gasteiger partial charge in [0.15, 0.2) is 5.76 Å². The van der Waals surface area contributed by atoms with Crippen LogP contribution in [0.4, 0.5) is 0 Å². The normalized spacial score (nSPS) is 19.7. The number of ether oxygens (including phenoxy) is 3. The van der Waals surface area contributed by atoms with Gasteiger partial charge in [0, 0.05) is 18.5 Å². The van der Waals surface area contributed by atoms with Gasteiger partial charge < -0.3 is 24.6 Å². The van der Waals surface area contributed by atoms with Gasteiger partial charge in [-0.05, 0) is 66.3 Å². The number of nitrogens with one attached hydrogen (secondary N) is 1. The van der Waals surface area contributed by atoms with Crippen molar-refractivity contribution in [3.63, 3.8) is 0 Å². The van der Waals surface area contributed by atoms with E-state index in [1.165, 1.54) is 6.08 Å². The molecule has 1 amide bonds. The van der Waals surface area contributed by atoms with Crippen LogP contribution in [0.2, 0.25) is 5.31 Å². The topological polar surface area (TPSA) is 152 Å². The largest absolute Gasteiger partial charge is 0.502 e. The summed E-state index contributed by atoms with van der Waals surface area (Å²) >= 11 is 0. The highest BCUT2D eigenvalue weighted by Crippen LogP contribution is 2.51. The predicted octanol–water partition coefficient (Wildman–Crippen LogP) is 7.34. The van der Waals surface area contributed by atoms with Gasteiger partial charge in [-0.2, -0.15) is 5.26 Å². The lowest BCUT2D eigenvalue weighted by molar-refractivity contribution is -0.161. The molecule has 0 aromatic rings. The van der Waals surface area contributed by atoms with Crippen LogP contribution < -0.4 is 5.32 Å². The number of rotatable bonds is 20. The molecular weight excluding hydrogens is 635 g/mol. The van der Waals surface area contributed by atoms with Crippen LogP contribution in [0.3, 0.4) is 0 Å². The highest BCUT2D eigenvalue weighted by molar-refractivity contribution is 6.17. The number of nitriles is 1. The number of aliphatic hydroxyl groups is 1. The lowest BCUT2D eigenvalue weighted by Gasteiger charge is -2.50. The van der Waals surface area contributed by atoms with Crippen molar-refractivity contribution in [1.29, 1.82) is 5.26 Å². The molecule has 50 heavy (non-hydrogen) atoms. The Hall–Kier alpha value is -3.13. The van der Waals surface area contributed by atoms with Crippen LogP contribution in [0.25, 0.3) is 0 Å². The Bertz CT molecular complexity index is 1260. The number of carbonyl (C=O) groups is 4. The van der Waals surface area contributed by atoms with Gasteiger partial charge >= 0.3 is 17.9 Å². The summed E-state index contributed by atoms with van der Waals surface area (Å²) in [7, 11) is 6.66. The van der Waals surface area contributed by atoms with E-state index in [0.717, 1.165) is 12.5 Å². The molecule has 0 spiro atoms. The molecule has 0 aromatic carbocycles. The van der Waals surface area contributed by atoms with Crippen molar-refractivity contribution < 1.29 is 38.5 Å². The molecule has 0 bridgehead atoms. The Morgan fingerprint density at radius 3 is 2.24 bits per heavy atom. The minimum absolute atomic E-state index is 0.00638. The van der Waals surface area contributed by atoms with Crippen molar-refractivity contribution in [2.75, 3.05) is 13.2 Å². The van der Waals surface area contributed by atoms with Gasteiger partial charge in [0.25, 0.3) is 0 Å². The van der Waals surface area contributed by atoms with Crippen LogP contribution in [0.5, 0.6) is 0 Å². The summed E-state index contributed by atoms with van der Waals surface area (Å²) < 4.78 is 17.2. The monoisotopic (exact) mass is 698 g/mol. The molecule has 0 saturated carbocycles. The standard InChI is InChI=1S/C39H63BN2O8/c1-13-39(12,40)30(35(47)50-33(45)18-16-29-15-17-32(44)42-29)21-25(2)26(3)28(24-49-34(46)27(4)43)22-37(8,9)38(10,11)31(23-36(5,6)7)48-20-14-19-41/h16,18,25-26,28-31,43H,4,13-15,17,20-24H2,1-3,5-12H3,(H,42,44)/b18-16+. The Balaban J connectivity index is 3.35. The first kappa shape index (κ1) is 44.9. The van der Waals surface area contributed by atoms with E-state index in [9.17, 15) is 24.3 Å². The first-order chi connectivity index (χ1) is 22.9. The number of aliphatic hydroxyl groups excluding tert-OH is 1. The molecule has 1 saturated heterocycles. The second-order valence-electron chi connectivity index (χ2n) is 16.9. The number of nitrogens with zero attached hydrogens (tertiary/aromatic N) is 1. The second-order valence-corrected chi connectivity index (χ2v) is 16.9. The summed E-state index contributed by atoms with van der Waals surface area (Å²) in [6.07, 6.45) is 5.88. The Morgan fingerprint density at radius 1 is 1.12 bits per heavy atom. The van der Waals surface area contributed by atoms with E-state index in [-0.39, 0.29) is 65.1 Å². The predicted molar refractivity (Wildman–Crippen MR) is 195 cm³/mol. The number of hydrogen-bond acceptors (Lipinski definition) is 9. The van der Waals surface area contributed by atoms with Gasteiger partial charge in [-0.25, -0.2) is 9.59 Å². The molecule has 2 N–H and O–H groups in total. The van der Waals surface area contributed by atoms with E-state index in [4.69, 9.17) is 27.3 Å². The summed E-state index contributed by atoms with van der Waals surface area (Å²) in [5.41, 5.74) is -0.802. The van der Waals surface area contributed by atoms with Crippen LogP contribution in [0.15, 0.2) is 24.5 Å². The van der Waals surface area contributed by atoms with Gasteiger partial charge in [-0.15, -0.1) is 0 Å². The number of amides is 1. The summed E-state index contributed by atoms with van der Waals surface area (Å²) in [6, 6.07) is 1.88. The minimum Gasteiger partial charge on any atom is -0.502 e. The average Bonchev–Trinajstić information content (AvgIpc) is 3.43. The van der Waals surface area contributed by atoms with Gasteiger partial charge in [0.05, 0.1) is 45.6 Å². The minimum atomic E-state index is -0.979. The molecule has 1 rings (SSSR count). The Kier molecular flexibility index (Phi) is 17.0. The molecule has 1 heterocycles. The maximum absolute atomic E-state index is 13.5. The summed E-state index contributed by atoms with van der Waals surface area (Å²) in [5.74, 6) is -4.51. The zero-order chi connectivity index (χ0) is 38.7. The van der Waals surface area contributed by atoms with Crippen molar-refractivity contribution in [2.24, 2.45) is 39.9 Å². The van der Waals surface area contributed by atoms with Crippen molar-refractivity contribution in [3.8, 4) is 6.07 Å². The SMILES string of the molecule is [B]C(C)(CC)C(CC(C)C(C)C(COC(=O)C(=C)O)CC(C)(C)C(C)(C)C(CC(C)(C)C)OCCC#N)C(=O)OC(=O)/C=C/C1CCC(=O)N1. The first-order valence-electron chi connectivity index (χ1n) is 17.9. The first-order valence-corrected chi connectivity index (χ1v) is 17.9. The molecular formula is C39H63BN2O8. The lowest BCUT2D eigenvalue weighted by atomic mass is 9.56. The van der Waals surface area contributed by atoms with Gasteiger partial charge in [-0.1, -0.05) is 94.0 Å². The molecule has 7 atom stereocenters. The molecule has 11 heteroatoms. The van der Waals surface area contributed by atoms with Crippen molar-refractivity contribution in [3.05, 3.63) is 24.5 Å². The van der Waals surface area contributed by atoms with Crippen molar-refractivity contribution in [1.82, 2.24) is 5.32 Å². The number of carbonyl (C=O) groups excluding carboxylic acids is 4. The smallest absolute Gasteiger partial charge is 0.372 e. The molecule has 7 unspecified atom stereocenters. The molecule has 0 aromatic heterocycles. The fraction of sp³-hybridized carbons (Fsp3) is 0.769. The molecule has 1 fully saturated rings. The van der Waals surface area contributed by atoms with E-state index >= 15 is 0 Å². The highest BCUT2D eigenvalue weighted by atomic mass is 16.6. The fourth-order valence-electron chi connectivity index (χ4n) is 6.46. The fourth-order valence-corrected chi connectivity index (χ4v) is 6.46. The van der Waals surface area contributed by atoms with Crippen molar-refractivity contribution in [2.45, 2.75) is 139 Å². The van der Waals surface area contributed by atoms with Crippen LogP contribution in [0.1, 0.15) is 121 Å². The average molecular weight is 699 g/mol. The van der Waals surface area contributed by atoms with E-state index in [2.05, 4.69) is 66.4 Å². The summed E-state index contributed by atoms with van der Waals surface area (Å²) in [5, 5.41) is 20.6. The third-order valence-corrected chi connectivity index (χ3v) is 11.1. The molecule has 0 aliphatic carbocycles. The second kappa shape index (κ2) is 18.9. The van der Waals surface area contributed by atoms with Crippen molar-refractivity contribution >= 4 is 31.7 Å². The van der Waals surface area contributed by atoms with Gasteiger partial charge in [0.2, 0.25) is 5.91 Å². The highest BCUT2D eigenvalue weighted by Gasteiger charge is 2.47. The Labute approximate surface area is 302 Å². The van der Waals surface area contributed by atoms with Gasteiger partial charge in [-0.3, -0.25) is 9.59 Å². The molecule has 1 aliphatic heterocycles. The van der Waals surface area contributed by atoms with E-state index in [1.54, 1.807) is 6.92 Å². The molecule has 280 valence electrons. The third kappa shape index (κ3) is 13.9. The Morgan fingerprint density at radius 2 is 1.74 bits per heavy atom. The van der Waals surface area contributed by atoms with E-state index in [0.29, 0.717) is 38.7 Å². The third-order valence-electron chi connectivity index (χ3n) is 11.1. The number of hydrogen-bond donors (Lipinski definition) is 2. The number of esters is 3. The molecule has 10 nitrogen and oxygen atoms in total. The summed E-state index contributed by atoms with van der Waals surface area (Å²) in [6.45, 7) is 26.5. The zero-order valence-electron chi connectivity index (χ0n) is 32.5. The van der Waals surface area contributed by atoms with Crippen LogP contribution in [-0.4, -0.2) is 62.1 Å². The maximum atomic E-state index is 13.5. The van der Waals surface area contributed by atoms with Crippen LogP contribution >= 0.6 is 0 Å². The van der Waals surface area contributed by atoms with Crippen LogP contribution in [-0.2, 0) is 33.4 Å². The molecule has 1 aliphatic rings. The lowest BCUT2D eigenvalue weighted by Crippen LogP contribution is -2.47. The quantitative estimate of drug-likeness (QED) is 0.0332. The molecule has 2 radical (unpaired) electrons. The van der Waals surface area contributed by atoms with E-state index in [1.807, 2.05) is 20.8 Å². The summed E-state index contributed by atoms with van der Waals surface area (Å²) in [4.78, 5) is 50.0.